The summed E-state index contributed by atoms with van der Waals surface area (Å²) in [5, 5.41) is 3.82. The van der Waals surface area contributed by atoms with Gasteiger partial charge in [0, 0.05) is 25.3 Å². The predicted octanol–water partition coefficient (Wildman–Crippen LogP) is 6.33. The molecule has 5 aliphatic rings. The molecule has 6 atom stereocenters. The Bertz CT molecular complexity index is 923. The van der Waals surface area contributed by atoms with E-state index in [0.717, 1.165) is 18.4 Å². The molecule has 1 saturated heterocycles. The van der Waals surface area contributed by atoms with Gasteiger partial charge in [0.1, 0.15) is 0 Å². The monoisotopic (exact) mass is 434 g/mol. The molecular formula is C29H42N2O. The maximum atomic E-state index is 7.38. The number of nitrogens with zero attached hydrogens (tertiary/aromatic N) is 1. The van der Waals surface area contributed by atoms with E-state index in [2.05, 4.69) is 62.8 Å². The van der Waals surface area contributed by atoms with Gasteiger partial charge in [-0.3, -0.25) is 4.99 Å². The fourth-order valence-corrected chi connectivity index (χ4v) is 8.37. The Kier molecular flexibility index (Phi) is 5.45. The maximum absolute atomic E-state index is 7.38. The summed E-state index contributed by atoms with van der Waals surface area (Å²) in [5.74, 6) is 1.20. The Hall–Kier alpha value is -1.45. The van der Waals surface area contributed by atoms with Crippen LogP contribution in [0.2, 0.25) is 0 Å². The first-order valence-electron chi connectivity index (χ1n) is 12.9. The van der Waals surface area contributed by atoms with E-state index in [1.165, 1.54) is 49.7 Å². The smallest absolute Gasteiger partial charge is 0.0974 e. The molecule has 2 spiro atoms. The number of hydrogen-bond donors (Lipinski definition) is 1. The molecular weight excluding hydrogens is 392 g/mol. The normalized spacial score (nSPS) is 43.1. The molecule has 1 N–H and O–H groups in total. The van der Waals surface area contributed by atoms with E-state index >= 15 is 0 Å². The number of aliphatic imine (C=N–C) groups is 1. The van der Waals surface area contributed by atoms with Crippen molar-refractivity contribution in [1.29, 1.82) is 0 Å². The third-order valence-electron chi connectivity index (χ3n) is 9.51. The Morgan fingerprint density at radius 1 is 1.28 bits per heavy atom. The van der Waals surface area contributed by atoms with Crippen LogP contribution in [-0.4, -0.2) is 36.5 Å². The molecule has 3 fully saturated rings. The van der Waals surface area contributed by atoms with Crippen LogP contribution in [0, 0.1) is 17.3 Å². The van der Waals surface area contributed by atoms with Crippen molar-refractivity contribution in [2.24, 2.45) is 22.2 Å². The zero-order chi connectivity index (χ0) is 22.7. The second-order valence-electron chi connectivity index (χ2n) is 11.8. The molecule has 174 valence electrons. The molecule has 0 aromatic heterocycles. The topological polar surface area (TPSA) is 33.6 Å². The van der Waals surface area contributed by atoms with Crippen LogP contribution in [0.4, 0.5) is 0 Å². The second-order valence-corrected chi connectivity index (χ2v) is 11.8. The van der Waals surface area contributed by atoms with Crippen LogP contribution in [0.5, 0.6) is 0 Å². The summed E-state index contributed by atoms with van der Waals surface area (Å²) in [6.45, 7) is 13.6. The van der Waals surface area contributed by atoms with E-state index in [9.17, 15) is 0 Å². The largest absolute Gasteiger partial charge is 0.359 e. The van der Waals surface area contributed by atoms with E-state index in [1.807, 2.05) is 13.3 Å². The van der Waals surface area contributed by atoms with Crippen molar-refractivity contribution in [2.75, 3.05) is 7.05 Å². The van der Waals surface area contributed by atoms with Crippen molar-refractivity contribution in [2.45, 2.75) is 102 Å². The Balaban J connectivity index is 1.46. The lowest BCUT2D eigenvalue weighted by Crippen LogP contribution is -2.55. The van der Waals surface area contributed by atoms with Gasteiger partial charge in [0.25, 0.3) is 0 Å². The van der Waals surface area contributed by atoms with Gasteiger partial charge in [-0.15, -0.1) is 0 Å². The van der Waals surface area contributed by atoms with Gasteiger partial charge in [-0.05, 0) is 92.3 Å². The number of rotatable bonds is 5. The summed E-state index contributed by atoms with van der Waals surface area (Å²) < 4.78 is 7.38. The highest BCUT2D eigenvalue weighted by atomic mass is 16.5. The van der Waals surface area contributed by atoms with E-state index in [4.69, 9.17) is 4.74 Å². The zero-order valence-electron chi connectivity index (χ0n) is 20.8. The number of fused-ring (bicyclic) bond motifs is 1. The number of allylic oxidation sites excluding steroid dienone is 4. The van der Waals surface area contributed by atoms with Crippen LogP contribution in [0.15, 0.2) is 52.1 Å². The summed E-state index contributed by atoms with van der Waals surface area (Å²) in [6.07, 6.45) is 18.9. The van der Waals surface area contributed by atoms with Crippen LogP contribution < -0.4 is 5.32 Å². The lowest BCUT2D eigenvalue weighted by molar-refractivity contribution is -0.137. The molecule has 0 radical (unpaired) electrons. The van der Waals surface area contributed by atoms with Crippen molar-refractivity contribution < 1.29 is 4.74 Å². The van der Waals surface area contributed by atoms with E-state index < -0.39 is 0 Å². The third kappa shape index (κ3) is 3.26. The van der Waals surface area contributed by atoms with E-state index in [-0.39, 0.29) is 16.6 Å². The van der Waals surface area contributed by atoms with Crippen molar-refractivity contribution in [3.8, 4) is 0 Å². The van der Waals surface area contributed by atoms with Crippen LogP contribution >= 0.6 is 0 Å². The molecule has 2 saturated carbocycles. The van der Waals surface area contributed by atoms with Crippen LogP contribution in [0.25, 0.3) is 0 Å². The van der Waals surface area contributed by atoms with Gasteiger partial charge in [-0.1, -0.05) is 51.2 Å². The summed E-state index contributed by atoms with van der Waals surface area (Å²) in [6, 6.07) is 1.11. The summed E-state index contributed by atoms with van der Waals surface area (Å²) in [4.78, 5) is 4.15. The Morgan fingerprint density at radius 2 is 2.09 bits per heavy atom. The van der Waals surface area contributed by atoms with Gasteiger partial charge in [-0.2, -0.15) is 0 Å². The zero-order valence-corrected chi connectivity index (χ0v) is 20.8. The van der Waals surface area contributed by atoms with E-state index in [1.54, 1.807) is 5.57 Å². The Labute approximate surface area is 195 Å². The fourth-order valence-electron chi connectivity index (χ4n) is 8.37. The van der Waals surface area contributed by atoms with Gasteiger partial charge in [0.05, 0.1) is 11.2 Å². The number of ether oxygens (including phenoxy) is 1. The van der Waals surface area contributed by atoms with Crippen molar-refractivity contribution in [3.05, 3.63) is 47.1 Å². The first-order chi connectivity index (χ1) is 15.2. The van der Waals surface area contributed by atoms with Gasteiger partial charge >= 0.3 is 0 Å². The van der Waals surface area contributed by atoms with E-state index in [0.29, 0.717) is 23.9 Å². The number of hydrogen-bond acceptors (Lipinski definition) is 3. The lowest BCUT2D eigenvalue weighted by atomic mass is 9.58. The molecule has 0 amide bonds. The summed E-state index contributed by atoms with van der Waals surface area (Å²) in [5.41, 5.74) is 5.75. The minimum Gasteiger partial charge on any atom is -0.359 e. The highest BCUT2D eigenvalue weighted by molar-refractivity contribution is 5.81. The maximum Gasteiger partial charge on any atom is 0.0974 e. The standard InChI is InChI=1S/C29H42N2O/c1-19(2)31-24-8-7-22-16-23-11-12-27(5)25(21(4)15-20(3)18-30-6)9-10-26(27)29(23)14-13-28(22,17-24)32-29/h11,15-16,18-19,24-26,31H,3,7-10,12-14,17H2,1-2,4-6H3/b21-15+,30-18?/t24?,25?,26-,27?,28-,29-/m1/s1. The highest BCUT2D eigenvalue weighted by Crippen LogP contribution is 2.68. The average Bonchev–Trinajstić information content (AvgIpc) is 3.23. The van der Waals surface area contributed by atoms with Gasteiger partial charge in [0.2, 0.25) is 0 Å². The molecule has 2 aliphatic heterocycles. The number of nitrogens with one attached hydrogen (secondary N) is 1. The first kappa shape index (κ1) is 22.3. The third-order valence-corrected chi connectivity index (χ3v) is 9.51. The van der Waals surface area contributed by atoms with Crippen molar-refractivity contribution in [3.63, 3.8) is 0 Å². The molecule has 2 bridgehead atoms. The quantitative estimate of drug-likeness (QED) is 0.405. The highest BCUT2D eigenvalue weighted by Gasteiger charge is 2.66. The molecule has 3 unspecified atom stereocenters. The molecule has 5 rings (SSSR count). The average molecular weight is 435 g/mol. The molecule has 2 heterocycles. The fraction of sp³-hybridized carbons (Fsp3) is 0.690. The summed E-state index contributed by atoms with van der Waals surface area (Å²) >= 11 is 0. The van der Waals surface area contributed by atoms with Gasteiger partial charge < -0.3 is 10.1 Å². The molecule has 3 nitrogen and oxygen atoms in total. The van der Waals surface area contributed by atoms with Crippen LogP contribution in [0.3, 0.4) is 0 Å². The van der Waals surface area contributed by atoms with Crippen LogP contribution in [0.1, 0.15) is 79.1 Å². The SMILES string of the molecule is C=C(C=NC)/C=C(\C)C1CC[C@@H]2C1(C)CC=C1C=C3CCC(NC(C)C)C[C@]34CC[C@@]12O4. The lowest BCUT2D eigenvalue weighted by Gasteiger charge is -2.54. The second kappa shape index (κ2) is 7.81. The Morgan fingerprint density at radius 3 is 2.84 bits per heavy atom. The first-order valence-corrected chi connectivity index (χ1v) is 12.9. The molecule has 0 aromatic rings. The van der Waals surface area contributed by atoms with Gasteiger partial charge in [0.15, 0.2) is 0 Å². The summed E-state index contributed by atoms with van der Waals surface area (Å²) in [7, 11) is 1.82. The van der Waals surface area contributed by atoms with Crippen molar-refractivity contribution in [1.82, 2.24) is 5.32 Å². The minimum atomic E-state index is -0.0624. The van der Waals surface area contributed by atoms with Gasteiger partial charge in [-0.25, -0.2) is 0 Å². The predicted molar refractivity (Wildman–Crippen MR) is 134 cm³/mol. The van der Waals surface area contributed by atoms with Crippen LogP contribution in [-0.2, 0) is 4.74 Å². The molecule has 3 aliphatic carbocycles. The molecule has 3 heteroatoms. The minimum absolute atomic E-state index is 0.0186. The molecule has 0 aromatic carbocycles. The van der Waals surface area contributed by atoms with Crippen molar-refractivity contribution >= 4 is 6.21 Å². The molecule has 32 heavy (non-hydrogen) atoms.